The Labute approximate surface area is 146 Å². The number of hydrogen-bond acceptors (Lipinski definition) is 5. The molecular weight excluding hydrogens is 346 g/mol. The summed E-state index contributed by atoms with van der Waals surface area (Å²) in [7, 11) is 2.83. The van der Waals surface area contributed by atoms with Crippen LogP contribution in [-0.2, 0) is 11.8 Å². The molecule has 9 heteroatoms. The van der Waals surface area contributed by atoms with Gasteiger partial charge in [-0.2, -0.15) is 14.9 Å². The second-order valence-electron chi connectivity index (χ2n) is 5.45. The number of aryl methyl sites for hydroxylation is 1. The van der Waals surface area contributed by atoms with Gasteiger partial charge in [-0.1, -0.05) is 24.3 Å². The van der Waals surface area contributed by atoms with Gasteiger partial charge in [-0.3, -0.25) is 9.48 Å². The first kappa shape index (κ1) is 17.5. The summed E-state index contributed by atoms with van der Waals surface area (Å²) in [5, 5.41) is 8.21. The first-order valence-electron chi connectivity index (χ1n) is 7.51. The van der Waals surface area contributed by atoms with E-state index in [1.807, 2.05) is 0 Å². The van der Waals surface area contributed by atoms with E-state index in [1.165, 1.54) is 41.2 Å². The molecule has 134 valence electrons. The Morgan fingerprint density at radius 3 is 2.46 bits per heavy atom. The summed E-state index contributed by atoms with van der Waals surface area (Å²) in [6.45, 7) is 0. The molecule has 0 aliphatic rings. The quantitative estimate of drug-likeness (QED) is 0.668. The predicted octanol–water partition coefficient (Wildman–Crippen LogP) is 2.36. The van der Waals surface area contributed by atoms with Crippen molar-refractivity contribution in [2.24, 2.45) is 7.05 Å². The van der Waals surface area contributed by atoms with Gasteiger partial charge in [0, 0.05) is 18.2 Å². The highest BCUT2D eigenvalue weighted by molar-refractivity contribution is 5.90. The molecule has 0 saturated heterocycles. The maximum absolute atomic E-state index is 12.7. The fourth-order valence-electron chi connectivity index (χ4n) is 2.38. The maximum atomic E-state index is 12.7. The summed E-state index contributed by atoms with van der Waals surface area (Å²) in [4.78, 5) is 24.5. The van der Waals surface area contributed by atoms with Crippen molar-refractivity contribution < 1.29 is 18.3 Å². The predicted molar refractivity (Wildman–Crippen MR) is 88.3 cm³/mol. The molecule has 0 spiro atoms. The van der Waals surface area contributed by atoms with Gasteiger partial charge in [0.2, 0.25) is 0 Å². The molecular formula is C17H14F2N4O3. The summed E-state index contributed by atoms with van der Waals surface area (Å²) >= 11 is 0. The normalized spacial score (nSPS) is 11.0. The van der Waals surface area contributed by atoms with Crippen molar-refractivity contribution in [3.05, 3.63) is 64.2 Å². The van der Waals surface area contributed by atoms with Crippen LogP contribution in [0.5, 0.6) is 0 Å². The molecule has 1 aromatic carbocycles. The van der Waals surface area contributed by atoms with E-state index in [4.69, 9.17) is 0 Å². The largest absolute Gasteiger partial charge is 0.465 e. The Hall–Kier alpha value is -3.36. The highest BCUT2D eigenvalue weighted by Gasteiger charge is 2.18. The standard InChI is InChI=1S/C17H14F2N4O3/c1-22-9-12(8-20-22)23-16(24)13(17(25)26-2)7-14(21-23)10-3-5-11(6-4-10)15(18)19/h3-9,15H,1-2H3. The molecule has 0 saturated carbocycles. The Bertz CT molecular complexity index is 1010. The number of hydrogen-bond donors (Lipinski definition) is 0. The van der Waals surface area contributed by atoms with Gasteiger partial charge in [0.1, 0.15) is 11.3 Å². The lowest BCUT2D eigenvalue weighted by Crippen LogP contribution is -2.28. The molecule has 0 bridgehead atoms. The topological polar surface area (TPSA) is 79.0 Å². The zero-order valence-electron chi connectivity index (χ0n) is 13.9. The van der Waals surface area contributed by atoms with Gasteiger partial charge in [0.25, 0.3) is 12.0 Å². The number of benzene rings is 1. The molecule has 0 aliphatic heterocycles. The molecule has 26 heavy (non-hydrogen) atoms. The van der Waals surface area contributed by atoms with E-state index < -0.39 is 18.0 Å². The molecule has 0 amide bonds. The highest BCUT2D eigenvalue weighted by Crippen LogP contribution is 2.23. The molecule has 2 aromatic heterocycles. The third-order valence-electron chi connectivity index (χ3n) is 3.71. The van der Waals surface area contributed by atoms with E-state index in [2.05, 4.69) is 14.9 Å². The van der Waals surface area contributed by atoms with E-state index in [0.29, 0.717) is 11.3 Å². The van der Waals surface area contributed by atoms with Crippen LogP contribution in [0.25, 0.3) is 16.9 Å². The van der Waals surface area contributed by atoms with Crippen LogP contribution in [0, 0.1) is 0 Å². The molecule has 0 N–H and O–H groups in total. The van der Waals surface area contributed by atoms with E-state index in [-0.39, 0.29) is 16.8 Å². The van der Waals surface area contributed by atoms with Gasteiger partial charge in [0.05, 0.1) is 25.2 Å². The van der Waals surface area contributed by atoms with E-state index in [1.54, 1.807) is 13.2 Å². The molecule has 3 rings (SSSR count). The number of carbonyl (C=O) groups is 1. The number of ether oxygens (including phenoxy) is 1. The lowest BCUT2D eigenvalue weighted by Gasteiger charge is -2.09. The van der Waals surface area contributed by atoms with Crippen molar-refractivity contribution in [2.75, 3.05) is 7.11 Å². The second kappa shape index (κ2) is 6.87. The lowest BCUT2D eigenvalue weighted by atomic mass is 10.1. The number of rotatable bonds is 4. The number of esters is 1. The van der Waals surface area contributed by atoms with Crippen molar-refractivity contribution in [3.8, 4) is 16.9 Å². The molecule has 7 nitrogen and oxygen atoms in total. The number of carbonyl (C=O) groups excluding carboxylic acids is 1. The van der Waals surface area contributed by atoms with Gasteiger partial charge in [0.15, 0.2) is 0 Å². The first-order valence-corrected chi connectivity index (χ1v) is 7.51. The SMILES string of the molecule is COC(=O)c1cc(-c2ccc(C(F)F)cc2)nn(-c2cnn(C)c2)c1=O. The summed E-state index contributed by atoms with van der Waals surface area (Å²) < 4.78 is 32.6. The third kappa shape index (κ3) is 3.23. The molecule has 0 unspecified atom stereocenters. The summed E-state index contributed by atoms with van der Waals surface area (Å²) in [6.07, 6.45) is 0.380. The van der Waals surface area contributed by atoms with Crippen molar-refractivity contribution in [2.45, 2.75) is 6.43 Å². The Balaban J connectivity index is 2.19. The number of methoxy groups -OCH3 is 1. The average Bonchev–Trinajstić information content (AvgIpc) is 3.07. The first-order chi connectivity index (χ1) is 12.4. The summed E-state index contributed by atoms with van der Waals surface area (Å²) in [5.41, 5.74) is 0.0557. The van der Waals surface area contributed by atoms with Crippen LogP contribution < -0.4 is 5.56 Å². The van der Waals surface area contributed by atoms with Gasteiger partial charge >= 0.3 is 5.97 Å². The Morgan fingerprint density at radius 2 is 1.92 bits per heavy atom. The summed E-state index contributed by atoms with van der Waals surface area (Å²) in [5.74, 6) is -0.819. The average molecular weight is 360 g/mol. The molecule has 0 radical (unpaired) electrons. The Morgan fingerprint density at radius 1 is 1.23 bits per heavy atom. The van der Waals surface area contributed by atoms with Crippen LogP contribution in [0.15, 0.2) is 47.5 Å². The summed E-state index contributed by atoms with van der Waals surface area (Å²) in [6, 6.07) is 6.70. The van der Waals surface area contributed by atoms with E-state index >= 15 is 0 Å². The zero-order valence-corrected chi connectivity index (χ0v) is 13.9. The molecule has 2 heterocycles. The lowest BCUT2D eigenvalue weighted by molar-refractivity contribution is 0.0598. The fraction of sp³-hybridized carbons (Fsp3) is 0.176. The monoisotopic (exact) mass is 360 g/mol. The van der Waals surface area contributed by atoms with Gasteiger partial charge < -0.3 is 4.74 Å². The van der Waals surface area contributed by atoms with Crippen LogP contribution in [0.3, 0.4) is 0 Å². The fourth-order valence-corrected chi connectivity index (χ4v) is 2.38. The Kier molecular flexibility index (Phi) is 4.61. The van der Waals surface area contributed by atoms with Gasteiger partial charge in [-0.15, -0.1) is 0 Å². The number of alkyl halides is 2. The molecule has 0 fully saturated rings. The van der Waals surface area contributed by atoms with Crippen molar-refractivity contribution in [3.63, 3.8) is 0 Å². The van der Waals surface area contributed by atoms with Crippen LogP contribution in [0.4, 0.5) is 8.78 Å². The van der Waals surface area contributed by atoms with E-state index in [9.17, 15) is 18.4 Å². The van der Waals surface area contributed by atoms with Gasteiger partial charge in [-0.25, -0.2) is 13.6 Å². The van der Waals surface area contributed by atoms with Crippen LogP contribution in [0.1, 0.15) is 22.3 Å². The van der Waals surface area contributed by atoms with Crippen molar-refractivity contribution >= 4 is 5.97 Å². The van der Waals surface area contributed by atoms with Crippen molar-refractivity contribution in [1.29, 1.82) is 0 Å². The number of aromatic nitrogens is 4. The van der Waals surface area contributed by atoms with Crippen LogP contribution >= 0.6 is 0 Å². The van der Waals surface area contributed by atoms with Gasteiger partial charge in [-0.05, 0) is 6.07 Å². The number of nitrogens with zero attached hydrogens (tertiary/aromatic N) is 4. The zero-order chi connectivity index (χ0) is 18.8. The van der Waals surface area contributed by atoms with Crippen molar-refractivity contribution in [1.82, 2.24) is 19.6 Å². The smallest absolute Gasteiger partial charge is 0.343 e. The molecule has 0 atom stereocenters. The molecule has 3 aromatic rings. The highest BCUT2D eigenvalue weighted by atomic mass is 19.3. The van der Waals surface area contributed by atoms with Crippen LogP contribution in [0.2, 0.25) is 0 Å². The minimum Gasteiger partial charge on any atom is -0.465 e. The second-order valence-corrected chi connectivity index (χ2v) is 5.45. The minimum absolute atomic E-state index is 0.137. The number of halogens is 2. The third-order valence-corrected chi connectivity index (χ3v) is 3.71. The van der Waals surface area contributed by atoms with Crippen LogP contribution in [-0.4, -0.2) is 32.6 Å². The maximum Gasteiger partial charge on any atom is 0.343 e. The minimum atomic E-state index is -2.59. The molecule has 0 aliphatic carbocycles. The van der Waals surface area contributed by atoms with E-state index in [0.717, 1.165) is 11.8 Å².